The molecule has 0 saturated heterocycles. The zero-order chi connectivity index (χ0) is 32.7. The number of carbonyl (C=O) groups is 4. The number of para-hydroxylation sites is 1. The normalized spacial score (nSPS) is 14.8. The Labute approximate surface area is 263 Å². The van der Waals surface area contributed by atoms with E-state index in [1.54, 1.807) is 60.9 Å². The summed E-state index contributed by atoms with van der Waals surface area (Å²) in [6, 6.07) is 16.8. The highest BCUT2D eigenvalue weighted by Crippen LogP contribution is 2.34. The van der Waals surface area contributed by atoms with Gasteiger partial charge in [-0.15, -0.1) is 0 Å². The lowest BCUT2D eigenvalue weighted by Crippen LogP contribution is -2.48. The summed E-state index contributed by atoms with van der Waals surface area (Å²) in [5.74, 6) is -2.73. The van der Waals surface area contributed by atoms with E-state index in [9.17, 15) is 24.3 Å². The summed E-state index contributed by atoms with van der Waals surface area (Å²) < 4.78 is 0. The maximum absolute atomic E-state index is 14.2. The molecule has 3 amide bonds. The third kappa shape index (κ3) is 8.63. The number of hydrogen-bond acceptors (Lipinski definition) is 7. The number of ketones is 1. The van der Waals surface area contributed by atoms with E-state index in [0.717, 1.165) is 11.1 Å². The monoisotopic (exact) mass is 611 g/mol. The van der Waals surface area contributed by atoms with Crippen LogP contribution in [0.1, 0.15) is 60.7 Å². The number of amides is 3. The van der Waals surface area contributed by atoms with Crippen LogP contribution in [-0.4, -0.2) is 51.3 Å². The van der Waals surface area contributed by atoms with Gasteiger partial charge in [0.1, 0.15) is 11.7 Å². The fraction of sp³-hybridized carbons (Fsp3) is 0.343. The summed E-state index contributed by atoms with van der Waals surface area (Å²) in [5.41, 5.74) is 14.4. The van der Waals surface area contributed by atoms with E-state index in [0.29, 0.717) is 29.7 Å². The highest BCUT2D eigenvalue weighted by Gasteiger charge is 2.37. The number of carbonyl (C=O) groups excluding carboxylic acids is 4. The van der Waals surface area contributed by atoms with Gasteiger partial charge in [0.05, 0.1) is 12.5 Å². The molecule has 0 fully saturated rings. The first-order valence-corrected chi connectivity index (χ1v) is 15.0. The Morgan fingerprint density at radius 3 is 2.33 bits per heavy atom. The van der Waals surface area contributed by atoms with Crippen LogP contribution in [0.2, 0.25) is 0 Å². The molecule has 45 heavy (non-hydrogen) atoms. The molecule has 1 aliphatic heterocycles. The lowest BCUT2D eigenvalue weighted by Gasteiger charge is -2.37. The number of hydrogen-bond donors (Lipinski definition) is 4. The van der Waals surface area contributed by atoms with Gasteiger partial charge in [0.2, 0.25) is 5.91 Å². The number of pyridine rings is 1. The molecule has 3 aromatic rings. The number of Topliss-reactive ketones (excluding diaryl/α,β-unsaturated/α-hetero) is 1. The molecule has 236 valence electrons. The largest absolute Gasteiger partial charge is 0.392 e. The fourth-order valence-electron chi connectivity index (χ4n) is 5.73. The van der Waals surface area contributed by atoms with E-state index in [4.69, 9.17) is 11.5 Å². The Morgan fingerprint density at radius 1 is 0.956 bits per heavy atom. The Morgan fingerprint density at radius 2 is 1.67 bits per heavy atom. The smallest absolute Gasteiger partial charge is 0.265 e. The highest BCUT2D eigenvalue weighted by atomic mass is 16.3. The Hall–Kier alpha value is -4.83. The van der Waals surface area contributed by atoms with Crippen molar-refractivity contribution in [1.82, 2.24) is 10.3 Å². The minimum Gasteiger partial charge on any atom is -0.392 e. The number of nitrogens with one attached hydrogen (secondary N) is 1. The number of allylic oxidation sites excluding steroid dienone is 1. The van der Waals surface area contributed by atoms with Crippen LogP contribution in [0.4, 0.5) is 5.69 Å². The van der Waals surface area contributed by atoms with Crippen LogP contribution >= 0.6 is 0 Å². The first-order chi connectivity index (χ1) is 21.3. The topological polar surface area (TPSA) is 169 Å². The molecule has 3 atom stereocenters. The van der Waals surface area contributed by atoms with Gasteiger partial charge in [-0.3, -0.25) is 24.2 Å². The second kappa shape index (κ2) is 14.3. The van der Waals surface area contributed by atoms with Crippen molar-refractivity contribution in [2.45, 2.75) is 70.6 Å². The molecule has 2 aromatic carbocycles. The minimum absolute atomic E-state index is 0.103. The highest BCUT2D eigenvalue weighted by molar-refractivity contribution is 6.02. The average Bonchev–Trinajstić information content (AvgIpc) is 2.98. The maximum atomic E-state index is 14.2. The van der Waals surface area contributed by atoms with Crippen molar-refractivity contribution in [3.63, 3.8) is 0 Å². The third-order valence-electron chi connectivity index (χ3n) is 7.76. The Kier molecular flexibility index (Phi) is 10.5. The number of aliphatic hydroxyl groups is 1. The van der Waals surface area contributed by atoms with E-state index in [1.165, 1.54) is 4.90 Å². The molecule has 0 bridgehead atoms. The minimum atomic E-state index is -1.13. The summed E-state index contributed by atoms with van der Waals surface area (Å²) in [6.45, 7) is 5.67. The number of benzene rings is 2. The van der Waals surface area contributed by atoms with Crippen molar-refractivity contribution in [3.05, 3.63) is 107 Å². The van der Waals surface area contributed by atoms with Gasteiger partial charge in [-0.2, -0.15) is 0 Å². The molecule has 6 N–H and O–H groups in total. The summed E-state index contributed by atoms with van der Waals surface area (Å²) in [4.78, 5) is 57.9. The zero-order valence-electron chi connectivity index (χ0n) is 25.9. The number of aliphatic hydroxyl groups excluding tert-OH is 1. The summed E-state index contributed by atoms with van der Waals surface area (Å²) in [5, 5.41) is 14.7. The number of nitrogens with two attached hydrogens (primary N) is 2. The van der Waals surface area contributed by atoms with Crippen molar-refractivity contribution in [2.24, 2.45) is 17.4 Å². The number of primary amides is 2. The van der Waals surface area contributed by atoms with Crippen LogP contribution in [0.5, 0.6) is 0 Å². The van der Waals surface area contributed by atoms with E-state index in [1.807, 2.05) is 39.0 Å². The van der Waals surface area contributed by atoms with Crippen LogP contribution in [-0.2, 0) is 33.6 Å². The number of fused-ring (bicyclic) bond motifs is 1. The Balaban J connectivity index is 1.68. The van der Waals surface area contributed by atoms with Gasteiger partial charge in [-0.25, -0.2) is 0 Å². The lowest BCUT2D eigenvalue weighted by atomic mass is 9.83. The molecule has 1 aromatic heterocycles. The third-order valence-corrected chi connectivity index (χ3v) is 7.76. The first-order valence-electron chi connectivity index (χ1n) is 15.0. The number of aromatic nitrogens is 1. The van der Waals surface area contributed by atoms with E-state index >= 15 is 0 Å². The molecule has 0 unspecified atom stereocenters. The predicted octanol–water partition coefficient (Wildman–Crippen LogP) is 3.01. The van der Waals surface area contributed by atoms with Gasteiger partial charge < -0.3 is 26.8 Å². The number of anilines is 1. The number of rotatable bonds is 13. The van der Waals surface area contributed by atoms with Crippen LogP contribution < -0.4 is 21.7 Å². The van der Waals surface area contributed by atoms with Crippen LogP contribution in [0, 0.1) is 5.92 Å². The van der Waals surface area contributed by atoms with E-state index < -0.39 is 35.4 Å². The van der Waals surface area contributed by atoms with Gasteiger partial charge in [-0.1, -0.05) is 48.5 Å². The molecule has 4 rings (SSSR count). The SMILES string of the molecule is CC(C)(C)NC(=O)c1ccccc1C[C@H](O)[C@@H](CC(=O)[C@@H](CC(N)=O)N1C(C(N)=O)=CCc2ccccc21)Cc1cccnc1. The van der Waals surface area contributed by atoms with Crippen molar-refractivity contribution in [3.8, 4) is 0 Å². The average molecular weight is 612 g/mol. The predicted molar refractivity (Wildman–Crippen MR) is 172 cm³/mol. The molecule has 0 saturated carbocycles. The standard InChI is InChI=1S/C35H41N5O5/c1-35(2,3)39-34(45)26-12-6-4-11-24(26)18-30(41)25(17-22-9-8-16-38-21-22)19-31(42)29(20-32(36)43)40-27-13-7-5-10-23(27)14-15-28(40)33(37)44/h4-13,15-16,21,25,29-30,41H,14,17-20H2,1-3H3,(H2,36,43)(H2,37,44)(H,39,45)/t25-,29-,30+/m1/s1. The summed E-state index contributed by atoms with van der Waals surface area (Å²) in [7, 11) is 0. The van der Waals surface area contributed by atoms with Crippen LogP contribution in [0.3, 0.4) is 0 Å². The fourth-order valence-corrected chi connectivity index (χ4v) is 5.73. The van der Waals surface area contributed by atoms with E-state index in [2.05, 4.69) is 10.3 Å². The molecular formula is C35H41N5O5. The van der Waals surface area contributed by atoms with Gasteiger partial charge in [-0.05, 0) is 80.8 Å². The molecule has 10 nitrogen and oxygen atoms in total. The number of nitrogens with zero attached hydrogens (tertiary/aromatic N) is 2. The molecular weight excluding hydrogens is 570 g/mol. The van der Waals surface area contributed by atoms with Gasteiger partial charge >= 0.3 is 0 Å². The molecule has 2 heterocycles. The molecule has 0 aliphatic carbocycles. The van der Waals surface area contributed by atoms with Crippen LogP contribution in [0.15, 0.2) is 84.8 Å². The van der Waals surface area contributed by atoms with Gasteiger partial charge in [0.15, 0.2) is 5.78 Å². The molecule has 0 spiro atoms. The van der Waals surface area contributed by atoms with E-state index in [-0.39, 0.29) is 36.6 Å². The quantitative estimate of drug-likeness (QED) is 0.230. The Bertz CT molecular complexity index is 1580. The van der Waals surface area contributed by atoms with Gasteiger partial charge in [0, 0.05) is 35.6 Å². The second-order valence-electron chi connectivity index (χ2n) is 12.5. The second-order valence-corrected chi connectivity index (χ2v) is 12.5. The van der Waals surface area contributed by atoms with Gasteiger partial charge in [0.25, 0.3) is 11.8 Å². The maximum Gasteiger partial charge on any atom is 0.265 e. The summed E-state index contributed by atoms with van der Waals surface area (Å²) >= 11 is 0. The van der Waals surface area contributed by atoms with Crippen molar-refractivity contribution in [2.75, 3.05) is 4.90 Å². The van der Waals surface area contributed by atoms with Crippen molar-refractivity contribution in [1.29, 1.82) is 0 Å². The van der Waals surface area contributed by atoms with Crippen molar-refractivity contribution < 1.29 is 24.3 Å². The molecule has 0 radical (unpaired) electrons. The van der Waals surface area contributed by atoms with Crippen LogP contribution in [0.25, 0.3) is 0 Å². The summed E-state index contributed by atoms with van der Waals surface area (Å²) in [6.07, 6.45) is 4.25. The zero-order valence-corrected chi connectivity index (χ0v) is 25.9. The van der Waals surface area contributed by atoms with Crippen molar-refractivity contribution >= 4 is 29.2 Å². The molecule has 1 aliphatic rings. The molecule has 10 heteroatoms. The first kappa shape index (κ1) is 33.1. The lowest BCUT2D eigenvalue weighted by molar-refractivity contribution is -0.126.